The maximum atomic E-state index is 12.7. The smallest absolute Gasteiger partial charge is 0.318 e. The lowest BCUT2D eigenvalue weighted by Gasteiger charge is -2.32. The predicted molar refractivity (Wildman–Crippen MR) is 88.2 cm³/mol. The van der Waals surface area contributed by atoms with Crippen molar-refractivity contribution in [3.8, 4) is 0 Å². The molecule has 130 valence electrons. The molecule has 2 rings (SSSR count). The van der Waals surface area contributed by atoms with E-state index in [9.17, 15) is 19.7 Å². The topological polar surface area (TPSA) is 107 Å². The van der Waals surface area contributed by atoms with Crippen molar-refractivity contribution in [3.05, 3.63) is 81.9 Å². The second-order valence-electron chi connectivity index (χ2n) is 5.49. The molecule has 2 aromatic carbocycles. The average molecular weight is 343 g/mol. The molecule has 0 heterocycles. The van der Waals surface area contributed by atoms with Gasteiger partial charge >= 0.3 is 17.0 Å². The van der Waals surface area contributed by atoms with Gasteiger partial charge in [0.15, 0.2) is 0 Å². The highest BCUT2D eigenvalue weighted by molar-refractivity contribution is 5.87. The van der Waals surface area contributed by atoms with Crippen molar-refractivity contribution in [2.24, 2.45) is 0 Å². The van der Waals surface area contributed by atoms with E-state index in [1.54, 1.807) is 60.7 Å². The quantitative estimate of drug-likeness (QED) is 0.583. The molecule has 0 amide bonds. The highest BCUT2D eigenvalue weighted by atomic mass is 17.0. The molecular weight excluding hydrogens is 326 g/mol. The van der Waals surface area contributed by atoms with Gasteiger partial charge in [-0.3, -0.25) is 9.59 Å². The Balaban J connectivity index is 2.57. The molecule has 0 atom stereocenters. The fourth-order valence-electron chi connectivity index (χ4n) is 2.89. The summed E-state index contributed by atoms with van der Waals surface area (Å²) in [6.07, 6.45) is 0.0685. The van der Waals surface area contributed by atoms with Crippen LogP contribution in [-0.4, -0.2) is 22.1 Å². The Bertz CT molecular complexity index is 705. The van der Waals surface area contributed by atoms with Crippen LogP contribution >= 0.6 is 0 Å². The molecule has 0 fully saturated rings. The van der Waals surface area contributed by atoms with E-state index in [1.165, 1.54) is 0 Å². The summed E-state index contributed by atoms with van der Waals surface area (Å²) in [5.74, 6) is -2.04. The first-order valence-electron chi connectivity index (χ1n) is 7.66. The molecule has 1 N–H and O–H groups in total. The minimum absolute atomic E-state index is 0.0694. The lowest BCUT2D eigenvalue weighted by molar-refractivity contribution is -0.730. The van der Waals surface area contributed by atoms with Crippen molar-refractivity contribution in [1.29, 1.82) is 0 Å². The van der Waals surface area contributed by atoms with Crippen molar-refractivity contribution in [2.75, 3.05) is 0 Å². The molecule has 0 saturated heterocycles. The number of hydrogen-bond donors (Lipinski definition) is 1. The van der Waals surface area contributed by atoms with Crippen LogP contribution in [0.15, 0.2) is 60.7 Å². The van der Waals surface area contributed by atoms with Gasteiger partial charge in [-0.25, -0.2) is 4.84 Å². The molecule has 25 heavy (non-hydrogen) atoms. The Morgan fingerprint density at radius 2 is 1.48 bits per heavy atom. The van der Waals surface area contributed by atoms with Crippen molar-refractivity contribution in [1.82, 2.24) is 0 Å². The van der Waals surface area contributed by atoms with Crippen molar-refractivity contribution < 1.29 is 24.6 Å². The number of rotatable bonds is 8. The number of carbonyl (C=O) groups is 2. The maximum absolute atomic E-state index is 12.7. The molecule has 0 bridgehead atoms. The zero-order valence-corrected chi connectivity index (χ0v) is 13.3. The number of carbonyl (C=O) groups excluding carboxylic acids is 1. The molecule has 2 aromatic rings. The Morgan fingerprint density at radius 3 is 1.88 bits per heavy atom. The summed E-state index contributed by atoms with van der Waals surface area (Å²) in [4.78, 5) is 38.7. The second kappa shape index (κ2) is 8.05. The Hall–Kier alpha value is -3.22. The minimum Gasteiger partial charge on any atom is -0.481 e. The third-order valence-electron chi connectivity index (χ3n) is 3.98. The molecule has 7 nitrogen and oxygen atoms in total. The number of nitrogens with zero attached hydrogens (tertiary/aromatic N) is 1. The van der Waals surface area contributed by atoms with Crippen molar-refractivity contribution in [2.45, 2.75) is 24.7 Å². The summed E-state index contributed by atoms with van der Waals surface area (Å²) in [6, 6.07) is 17.1. The van der Waals surface area contributed by atoms with E-state index < -0.39 is 22.4 Å². The summed E-state index contributed by atoms with van der Waals surface area (Å²) in [5.41, 5.74) is -0.428. The van der Waals surface area contributed by atoms with Crippen molar-refractivity contribution >= 4 is 11.9 Å². The van der Waals surface area contributed by atoms with Gasteiger partial charge in [-0.15, -0.1) is 10.1 Å². The van der Waals surface area contributed by atoms with Crippen LogP contribution in [0, 0.1) is 10.1 Å². The largest absolute Gasteiger partial charge is 0.481 e. The molecule has 0 spiro atoms. The van der Waals surface area contributed by atoms with Gasteiger partial charge in [0.1, 0.15) is 5.41 Å². The van der Waals surface area contributed by atoms with E-state index in [2.05, 4.69) is 4.84 Å². The van der Waals surface area contributed by atoms with Gasteiger partial charge in [0.2, 0.25) is 0 Å². The highest BCUT2D eigenvalue weighted by Gasteiger charge is 2.43. The van der Waals surface area contributed by atoms with Crippen LogP contribution < -0.4 is 0 Å². The summed E-state index contributed by atoms with van der Waals surface area (Å²) in [7, 11) is 0. The first kappa shape index (κ1) is 18.1. The van der Waals surface area contributed by atoms with E-state index >= 15 is 0 Å². The number of hydrogen-bond acceptors (Lipinski definition) is 5. The summed E-state index contributed by atoms with van der Waals surface area (Å²) >= 11 is 0. The summed E-state index contributed by atoms with van der Waals surface area (Å²) in [6.45, 7) is 0. The minimum atomic E-state index is -1.45. The normalized spacial score (nSPS) is 10.9. The molecule has 0 saturated carbocycles. The monoisotopic (exact) mass is 343 g/mol. The van der Waals surface area contributed by atoms with E-state index in [4.69, 9.17) is 5.11 Å². The molecule has 0 radical (unpaired) electrons. The van der Waals surface area contributed by atoms with Crippen LogP contribution in [0.3, 0.4) is 0 Å². The van der Waals surface area contributed by atoms with Gasteiger partial charge in [-0.2, -0.15) is 0 Å². The van der Waals surface area contributed by atoms with Gasteiger partial charge in [-0.1, -0.05) is 60.7 Å². The predicted octanol–water partition coefficient (Wildman–Crippen LogP) is 2.96. The zero-order chi connectivity index (χ0) is 18.3. The molecule has 0 aliphatic carbocycles. The number of carboxylic acids is 1. The molecule has 0 unspecified atom stereocenters. The lowest BCUT2D eigenvalue weighted by Crippen LogP contribution is -2.40. The van der Waals surface area contributed by atoms with Gasteiger partial charge < -0.3 is 5.11 Å². The number of aliphatic carboxylic acids is 1. The summed E-state index contributed by atoms with van der Waals surface area (Å²) < 4.78 is 0. The third-order valence-corrected chi connectivity index (χ3v) is 3.98. The molecule has 0 aromatic heterocycles. The van der Waals surface area contributed by atoms with Crippen LogP contribution in [0.1, 0.15) is 30.4 Å². The van der Waals surface area contributed by atoms with E-state index in [0.29, 0.717) is 11.1 Å². The number of carboxylic acid groups (broad SMARTS) is 1. The van der Waals surface area contributed by atoms with Gasteiger partial charge in [0.05, 0.1) is 0 Å². The van der Waals surface area contributed by atoms with E-state index in [0.717, 1.165) is 0 Å². The average Bonchev–Trinajstić information content (AvgIpc) is 2.59. The zero-order valence-electron chi connectivity index (χ0n) is 13.3. The Labute approximate surface area is 144 Å². The van der Waals surface area contributed by atoms with Gasteiger partial charge in [0.25, 0.3) is 0 Å². The van der Waals surface area contributed by atoms with Gasteiger partial charge in [0, 0.05) is 6.42 Å². The molecule has 0 aliphatic heterocycles. The highest BCUT2D eigenvalue weighted by Crippen LogP contribution is 2.38. The van der Waals surface area contributed by atoms with Gasteiger partial charge in [-0.05, 0) is 24.0 Å². The van der Waals surface area contributed by atoms with Crippen LogP contribution in [0.4, 0.5) is 0 Å². The maximum Gasteiger partial charge on any atom is 0.318 e. The van der Waals surface area contributed by atoms with E-state index in [-0.39, 0.29) is 19.3 Å². The van der Waals surface area contributed by atoms with Crippen LogP contribution in [0.2, 0.25) is 0 Å². The first-order chi connectivity index (χ1) is 12.0. The lowest BCUT2D eigenvalue weighted by atomic mass is 9.71. The fraction of sp³-hybridized carbons (Fsp3) is 0.222. The van der Waals surface area contributed by atoms with Crippen molar-refractivity contribution in [3.63, 3.8) is 0 Å². The Kier molecular flexibility index (Phi) is 5.84. The van der Waals surface area contributed by atoms with Crippen LogP contribution in [0.5, 0.6) is 0 Å². The molecular formula is C18H17NO6. The molecule has 7 heteroatoms. The second-order valence-corrected chi connectivity index (χ2v) is 5.49. The SMILES string of the molecule is O=C(O)CCCC(C(=O)O[N+](=O)[O-])(c1ccccc1)c1ccccc1. The van der Waals surface area contributed by atoms with Crippen LogP contribution in [0.25, 0.3) is 0 Å². The summed E-state index contributed by atoms with van der Waals surface area (Å²) in [5, 5.41) is 18.5. The standard InChI is InChI=1S/C18H17NO6/c20-16(21)12-7-13-18(17(22)25-19(23)24,14-8-3-1-4-9-14)15-10-5-2-6-11-15/h1-6,8-11H,7,12-13H2,(H,20,21). The number of benzene rings is 2. The Morgan fingerprint density at radius 1 is 1.00 bits per heavy atom. The molecule has 0 aliphatic rings. The first-order valence-corrected chi connectivity index (χ1v) is 7.66. The van der Waals surface area contributed by atoms with E-state index in [1.807, 2.05) is 0 Å². The fourth-order valence-corrected chi connectivity index (χ4v) is 2.89. The van der Waals surface area contributed by atoms with Crippen LogP contribution in [-0.2, 0) is 19.8 Å². The third kappa shape index (κ3) is 4.20.